The fraction of sp³-hybridized carbons (Fsp3) is 0.211. The van der Waals surface area contributed by atoms with E-state index in [0.717, 1.165) is 6.42 Å². The van der Waals surface area contributed by atoms with Crippen molar-refractivity contribution in [2.45, 2.75) is 18.3 Å². The van der Waals surface area contributed by atoms with E-state index in [0.29, 0.717) is 17.4 Å². The second-order valence-electron chi connectivity index (χ2n) is 5.72. The Morgan fingerprint density at radius 2 is 1.90 bits per heavy atom. The molecule has 2 atom stereocenters. The third-order valence-electron chi connectivity index (χ3n) is 4.64. The topological polar surface area (TPSA) is 26.3 Å². The molecule has 2 aliphatic rings. The second-order valence-corrected chi connectivity index (χ2v) is 5.72. The van der Waals surface area contributed by atoms with E-state index in [2.05, 4.69) is 36.4 Å². The summed E-state index contributed by atoms with van der Waals surface area (Å²) in [6.07, 6.45) is 3.49. The van der Waals surface area contributed by atoms with Crippen molar-refractivity contribution in [1.29, 1.82) is 0 Å². The zero-order valence-electron chi connectivity index (χ0n) is 11.9. The normalized spacial score (nSPS) is 21.9. The van der Waals surface area contributed by atoms with Crippen LogP contribution < -0.4 is 0 Å². The molecule has 0 radical (unpaired) electrons. The number of methoxy groups -OCH3 is 1. The summed E-state index contributed by atoms with van der Waals surface area (Å²) in [7, 11) is 1.43. The van der Waals surface area contributed by atoms with Crippen LogP contribution in [0.2, 0.25) is 0 Å². The Hall–Kier alpha value is -2.35. The molecule has 0 heterocycles. The van der Waals surface area contributed by atoms with Crippen molar-refractivity contribution >= 4 is 11.5 Å². The summed E-state index contributed by atoms with van der Waals surface area (Å²) < 4.78 is 4.81. The van der Waals surface area contributed by atoms with E-state index in [-0.39, 0.29) is 5.97 Å². The first kappa shape index (κ1) is 12.4. The molecule has 2 aromatic rings. The first-order valence-electron chi connectivity index (χ1n) is 7.27. The lowest BCUT2D eigenvalue weighted by Gasteiger charge is -2.18. The van der Waals surface area contributed by atoms with Crippen LogP contribution in [0.15, 0.2) is 54.6 Å². The average molecular weight is 276 g/mol. The standard InChI is InChI=1S/C19H16O2/c1-21-19(20)13-7-8-15-17(9-13)14-10-16(18(15)11-14)12-5-3-2-4-6-12/h2-10,14,18H,11H2,1H3. The molecule has 0 amide bonds. The zero-order chi connectivity index (χ0) is 14.4. The highest BCUT2D eigenvalue weighted by atomic mass is 16.5. The van der Waals surface area contributed by atoms with Gasteiger partial charge in [0.2, 0.25) is 0 Å². The van der Waals surface area contributed by atoms with E-state index < -0.39 is 0 Å². The molecule has 0 N–H and O–H groups in total. The number of carbonyl (C=O) groups is 1. The van der Waals surface area contributed by atoms with Gasteiger partial charge in [0, 0.05) is 11.8 Å². The van der Waals surface area contributed by atoms with Crippen molar-refractivity contribution < 1.29 is 9.53 Å². The van der Waals surface area contributed by atoms with E-state index in [4.69, 9.17) is 4.74 Å². The van der Waals surface area contributed by atoms with E-state index in [1.807, 2.05) is 18.2 Å². The number of benzene rings is 2. The van der Waals surface area contributed by atoms with Crippen LogP contribution in [0, 0.1) is 0 Å². The number of hydrogen-bond acceptors (Lipinski definition) is 2. The molecule has 0 spiro atoms. The molecule has 2 heteroatoms. The summed E-state index contributed by atoms with van der Waals surface area (Å²) in [5.74, 6) is 0.650. The molecule has 0 fully saturated rings. The molecule has 0 saturated carbocycles. The molecular weight excluding hydrogens is 260 g/mol. The SMILES string of the molecule is COC(=O)c1ccc2c(c1)C1C=C(c3ccccc3)C2C1. The lowest BCUT2D eigenvalue weighted by molar-refractivity contribution is 0.0600. The molecule has 0 aliphatic heterocycles. The van der Waals surface area contributed by atoms with Crippen LogP contribution in [-0.2, 0) is 4.74 Å². The summed E-state index contributed by atoms with van der Waals surface area (Å²) in [6, 6.07) is 16.6. The lowest BCUT2D eigenvalue weighted by Crippen LogP contribution is -2.05. The fourth-order valence-electron chi connectivity index (χ4n) is 3.68. The van der Waals surface area contributed by atoms with Crippen LogP contribution >= 0.6 is 0 Å². The Balaban J connectivity index is 1.74. The van der Waals surface area contributed by atoms with Crippen molar-refractivity contribution in [1.82, 2.24) is 0 Å². The molecule has 2 nitrogen and oxygen atoms in total. The molecule has 0 saturated heterocycles. The van der Waals surface area contributed by atoms with Crippen LogP contribution in [0.25, 0.3) is 5.57 Å². The van der Waals surface area contributed by atoms with Crippen molar-refractivity contribution in [3.05, 3.63) is 76.9 Å². The number of carbonyl (C=O) groups excluding carboxylic acids is 1. The van der Waals surface area contributed by atoms with Gasteiger partial charge in [0.05, 0.1) is 12.7 Å². The predicted molar refractivity (Wildman–Crippen MR) is 82.3 cm³/mol. The Labute approximate surface area is 124 Å². The van der Waals surface area contributed by atoms with E-state index in [1.54, 1.807) is 0 Å². The smallest absolute Gasteiger partial charge is 0.337 e. The minimum atomic E-state index is -0.257. The van der Waals surface area contributed by atoms with Gasteiger partial charge < -0.3 is 4.74 Å². The third-order valence-corrected chi connectivity index (χ3v) is 4.64. The van der Waals surface area contributed by atoms with Crippen molar-refractivity contribution in [3.63, 3.8) is 0 Å². The molecule has 104 valence electrons. The number of fused-ring (bicyclic) bond motifs is 5. The van der Waals surface area contributed by atoms with Crippen LogP contribution in [0.4, 0.5) is 0 Å². The summed E-state index contributed by atoms with van der Waals surface area (Å²) in [5, 5.41) is 0. The summed E-state index contributed by atoms with van der Waals surface area (Å²) in [4.78, 5) is 11.7. The van der Waals surface area contributed by atoms with E-state index >= 15 is 0 Å². The van der Waals surface area contributed by atoms with Gasteiger partial charge in [0.1, 0.15) is 0 Å². The first-order chi connectivity index (χ1) is 10.3. The largest absolute Gasteiger partial charge is 0.465 e. The minimum absolute atomic E-state index is 0.257. The zero-order valence-corrected chi connectivity index (χ0v) is 11.9. The Morgan fingerprint density at radius 1 is 1.10 bits per heavy atom. The number of esters is 1. The maximum absolute atomic E-state index is 11.7. The van der Waals surface area contributed by atoms with E-state index in [1.165, 1.54) is 29.4 Å². The summed E-state index contributed by atoms with van der Waals surface area (Å²) >= 11 is 0. The van der Waals surface area contributed by atoms with Gasteiger partial charge in [-0.2, -0.15) is 0 Å². The summed E-state index contributed by atoms with van der Waals surface area (Å²) in [5.41, 5.74) is 6.06. The summed E-state index contributed by atoms with van der Waals surface area (Å²) in [6.45, 7) is 0. The van der Waals surface area contributed by atoms with Crippen molar-refractivity contribution in [3.8, 4) is 0 Å². The van der Waals surface area contributed by atoms with Gasteiger partial charge in [-0.05, 0) is 40.8 Å². The van der Waals surface area contributed by atoms with Crippen LogP contribution in [0.1, 0.15) is 45.3 Å². The highest BCUT2D eigenvalue weighted by Crippen LogP contribution is 2.55. The molecule has 21 heavy (non-hydrogen) atoms. The van der Waals surface area contributed by atoms with Crippen LogP contribution in [0.5, 0.6) is 0 Å². The number of allylic oxidation sites excluding steroid dienone is 2. The maximum atomic E-state index is 11.7. The van der Waals surface area contributed by atoms with Crippen LogP contribution in [0.3, 0.4) is 0 Å². The molecule has 2 bridgehead atoms. The van der Waals surface area contributed by atoms with Crippen LogP contribution in [-0.4, -0.2) is 13.1 Å². The van der Waals surface area contributed by atoms with Gasteiger partial charge in [0.25, 0.3) is 0 Å². The van der Waals surface area contributed by atoms with E-state index in [9.17, 15) is 4.79 Å². The Kier molecular flexibility index (Phi) is 2.71. The van der Waals surface area contributed by atoms with Gasteiger partial charge in [-0.15, -0.1) is 0 Å². The van der Waals surface area contributed by atoms with Gasteiger partial charge in [0.15, 0.2) is 0 Å². The molecule has 2 aliphatic carbocycles. The molecule has 0 aromatic heterocycles. The number of rotatable bonds is 2. The predicted octanol–water partition coefficient (Wildman–Crippen LogP) is 4.14. The number of hydrogen-bond donors (Lipinski definition) is 0. The fourth-order valence-corrected chi connectivity index (χ4v) is 3.68. The van der Waals surface area contributed by atoms with Crippen molar-refractivity contribution in [2.24, 2.45) is 0 Å². The molecule has 2 unspecified atom stereocenters. The monoisotopic (exact) mass is 276 g/mol. The highest BCUT2D eigenvalue weighted by Gasteiger charge is 2.38. The quantitative estimate of drug-likeness (QED) is 0.770. The maximum Gasteiger partial charge on any atom is 0.337 e. The highest BCUT2D eigenvalue weighted by molar-refractivity contribution is 5.90. The second kappa shape index (κ2) is 4.59. The minimum Gasteiger partial charge on any atom is -0.465 e. The van der Waals surface area contributed by atoms with Crippen molar-refractivity contribution in [2.75, 3.05) is 7.11 Å². The van der Waals surface area contributed by atoms with Gasteiger partial charge in [-0.3, -0.25) is 0 Å². The number of ether oxygens (including phenoxy) is 1. The van der Waals surface area contributed by atoms with Gasteiger partial charge in [-0.1, -0.05) is 42.5 Å². The lowest BCUT2D eigenvalue weighted by atomic mass is 9.86. The molecule has 2 aromatic carbocycles. The van der Waals surface area contributed by atoms with Gasteiger partial charge >= 0.3 is 5.97 Å². The van der Waals surface area contributed by atoms with Gasteiger partial charge in [-0.25, -0.2) is 4.79 Å². The molecule has 4 rings (SSSR count). The Bertz CT molecular complexity index is 743. The Morgan fingerprint density at radius 3 is 2.67 bits per heavy atom. The third kappa shape index (κ3) is 1.83. The average Bonchev–Trinajstić information content (AvgIpc) is 3.13. The molecular formula is C19H16O2. The first-order valence-corrected chi connectivity index (χ1v) is 7.27.